The van der Waals surface area contributed by atoms with E-state index in [1.165, 1.54) is 4.90 Å². The second-order valence-corrected chi connectivity index (χ2v) is 7.73. The number of rotatable bonds is 6. The average molecular weight is 510 g/mol. The minimum atomic E-state index is -0.450. The molecule has 1 aliphatic heterocycles. The third kappa shape index (κ3) is 4.39. The molecule has 3 rings (SSSR count). The van der Waals surface area contributed by atoms with Gasteiger partial charge in [-0.05, 0) is 48.4 Å². The molecule has 28 heavy (non-hydrogen) atoms. The Morgan fingerprint density at radius 1 is 1.11 bits per heavy atom. The SMILES string of the molecule is CCOc1cc(/C=C2/NC(=O)N(Cc3ccc(Br)cc3)C2=O)c(Br)cc1OC. The summed E-state index contributed by atoms with van der Waals surface area (Å²) in [6, 6.07) is 10.5. The number of ether oxygens (including phenoxy) is 2. The van der Waals surface area contributed by atoms with Crippen molar-refractivity contribution in [1.29, 1.82) is 0 Å². The normalized spacial score (nSPS) is 15.1. The molecule has 2 aromatic rings. The minimum absolute atomic E-state index is 0.198. The van der Waals surface area contributed by atoms with Crippen LogP contribution in [0.3, 0.4) is 0 Å². The molecule has 0 spiro atoms. The molecular weight excluding hydrogens is 492 g/mol. The summed E-state index contributed by atoms with van der Waals surface area (Å²) in [6.07, 6.45) is 1.62. The largest absolute Gasteiger partial charge is 0.493 e. The summed E-state index contributed by atoms with van der Waals surface area (Å²) in [5, 5.41) is 2.64. The number of carbonyl (C=O) groups excluding carboxylic acids is 2. The number of imide groups is 1. The van der Waals surface area contributed by atoms with Crippen molar-refractivity contribution in [3.63, 3.8) is 0 Å². The summed E-state index contributed by atoms with van der Waals surface area (Å²) < 4.78 is 12.5. The van der Waals surface area contributed by atoms with Crippen LogP contribution < -0.4 is 14.8 Å². The Balaban J connectivity index is 1.87. The summed E-state index contributed by atoms with van der Waals surface area (Å²) in [6.45, 7) is 2.55. The lowest BCUT2D eigenvalue weighted by molar-refractivity contribution is -0.123. The van der Waals surface area contributed by atoms with Gasteiger partial charge in [-0.3, -0.25) is 9.69 Å². The highest BCUT2D eigenvalue weighted by atomic mass is 79.9. The van der Waals surface area contributed by atoms with Gasteiger partial charge in [-0.1, -0.05) is 44.0 Å². The number of hydrogen-bond acceptors (Lipinski definition) is 4. The van der Waals surface area contributed by atoms with Gasteiger partial charge in [0.05, 0.1) is 20.3 Å². The fourth-order valence-electron chi connectivity index (χ4n) is 2.73. The van der Waals surface area contributed by atoms with E-state index in [1.807, 2.05) is 31.2 Å². The van der Waals surface area contributed by atoms with Crippen LogP contribution in [0.1, 0.15) is 18.1 Å². The molecule has 8 heteroatoms. The van der Waals surface area contributed by atoms with Crippen LogP contribution in [-0.4, -0.2) is 30.6 Å². The van der Waals surface area contributed by atoms with Gasteiger partial charge in [0.2, 0.25) is 0 Å². The third-order valence-corrected chi connectivity index (χ3v) is 5.31. The summed E-state index contributed by atoms with van der Waals surface area (Å²) in [4.78, 5) is 26.2. The quantitative estimate of drug-likeness (QED) is 0.452. The minimum Gasteiger partial charge on any atom is -0.493 e. The van der Waals surface area contributed by atoms with E-state index in [0.29, 0.717) is 28.1 Å². The molecule has 6 nitrogen and oxygen atoms in total. The smallest absolute Gasteiger partial charge is 0.329 e. The lowest BCUT2D eigenvalue weighted by atomic mass is 10.1. The van der Waals surface area contributed by atoms with E-state index in [4.69, 9.17) is 9.47 Å². The molecule has 0 aliphatic carbocycles. The number of nitrogens with zero attached hydrogens (tertiary/aromatic N) is 1. The molecule has 1 aliphatic rings. The zero-order valence-corrected chi connectivity index (χ0v) is 18.5. The first-order valence-corrected chi connectivity index (χ1v) is 10.1. The van der Waals surface area contributed by atoms with E-state index in [1.54, 1.807) is 25.3 Å². The van der Waals surface area contributed by atoms with Crippen LogP contribution in [0.25, 0.3) is 6.08 Å². The van der Waals surface area contributed by atoms with Crippen LogP contribution in [0.5, 0.6) is 11.5 Å². The molecule has 1 heterocycles. The van der Waals surface area contributed by atoms with Crippen molar-refractivity contribution >= 4 is 49.9 Å². The van der Waals surface area contributed by atoms with Crippen molar-refractivity contribution in [2.75, 3.05) is 13.7 Å². The molecule has 0 radical (unpaired) electrons. The van der Waals surface area contributed by atoms with Gasteiger partial charge in [0.15, 0.2) is 11.5 Å². The Labute approximate surface area is 179 Å². The number of carbonyl (C=O) groups is 2. The highest BCUT2D eigenvalue weighted by Gasteiger charge is 2.33. The molecule has 1 fully saturated rings. The van der Waals surface area contributed by atoms with E-state index in [9.17, 15) is 9.59 Å². The highest BCUT2D eigenvalue weighted by molar-refractivity contribution is 9.10. The first-order chi connectivity index (χ1) is 13.4. The van der Waals surface area contributed by atoms with Crippen LogP contribution in [-0.2, 0) is 11.3 Å². The number of hydrogen-bond donors (Lipinski definition) is 1. The third-order valence-electron chi connectivity index (χ3n) is 4.10. The lowest BCUT2D eigenvalue weighted by Gasteiger charge is -2.12. The van der Waals surface area contributed by atoms with Crippen LogP contribution in [0.4, 0.5) is 4.79 Å². The first kappa shape index (κ1) is 20.4. The lowest BCUT2D eigenvalue weighted by Crippen LogP contribution is -2.30. The molecule has 0 aromatic heterocycles. The summed E-state index contributed by atoms with van der Waals surface area (Å²) >= 11 is 6.84. The predicted octanol–water partition coefficient (Wildman–Crippen LogP) is 4.71. The van der Waals surface area contributed by atoms with Crippen molar-refractivity contribution < 1.29 is 19.1 Å². The Morgan fingerprint density at radius 2 is 1.82 bits per heavy atom. The van der Waals surface area contributed by atoms with Gasteiger partial charge in [0.1, 0.15) is 5.70 Å². The van der Waals surface area contributed by atoms with Gasteiger partial charge in [0, 0.05) is 8.95 Å². The Hall–Kier alpha value is -2.32. The molecule has 0 bridgehead atoms. The van der Waals surface area contributed by atoms with Gasteiger partial charge in [-0.2, -0.15) is 0 Å². The number of halogens is 2. The van der Waals surface area contributed by atoms with Gasteiger partial charge < -0.3 is 14.8 Å². The van der Waals surface area contributed by atoms with Crippen LogP contribution in [0.2, 0.25) is 0 Å². The fourth-order valence-corrected chi connectivity index (χ4v) is 3.43. The maximum absolute atomic E-state index is 12.7. The van der Waals surface area contributed by atoms with Crippen molar-refractivity contribution in [3.05, 3.63) is 62.2 Å². The summed E-state index contributed by atoms with van der Waals surface area (Å²) in [5.74, 6) is 0.756. The van der Waals surface area contributed by atoms with E-state index < -0.39 is 6.03 Å². The molecular formula is C20H18Br2N2O4. The van der Waals surface area contributed by atoms with Gasteiger partial charge in [0.25, 0.3) is 5.91 Å². The van der Waals surface area contributed by atoms with Crippen molar-refractivity contribution in [3.8, 4) is 11.5 Å². The topological polar surface area (TPSA) is 67.9 Å². The molecule has 146 valence electrons. The molecule has 2 aromatic carbocycles. The molecule has 1 N–H and O–H groups in total. The zero-order chi connectivity index (χ0) is 20.3. The molecule has 0 unspecified atom stereocenters. The monoisotopic (exact) mass is 508 g/mol. The predicted molar refractivity (Wildman–Crippen MR) is 113 cm³/mol. The second-order valence-electron chi connectivity index (χ2n) is 5.96. The molecule has 1 saturated heterocycles. The van der Waals surface area contributed by atoms with Crippen LogP contribution in [0, 0.1) is 0 Å². The first-order valence-electron chi connectivity index (χ1n) is 8.52. The average Bonchev–Trinajstić information content (AvgIpc) is 2.93. The molecule has 0 saturated carbocycles. The van der Waals surface area contributed by atoms with E-state index in [-0.39, 0.29) is 18.1 Å². The maximum Gasteiger partial charge on any atom is 0.329 e. The standard InChI is InChI=1S/C20H18Br2N2O4/c1-3-28-18-9-13(15(22)10-17(18)27-2)8-16-19(25)24(20(26)23-16)11-12-4-6-14(21)7-5-12/h4-10H,3,11H2,1-2H3,(H,23,26)/b16-8+. The number of benzene rings is 2. The van der Waals surface area contributed by atoms with Crippen LogP contribution in [0.15, 0.2) is 51.0 Å². The van der Waals surface area contributed by atoms with Gasteiger partial charge in [-0.15, -0.1) is 0 Å². The highest BCUT2D eigenvalue weighted by Crippen LogP contribution is 2.35. The van der Waals surface area contributed by atoms with Crippen molar-refractivity contribution in [2.24, 2.45) is 0 Å². The zero-order valence-electron chi connectivity index (χ0n) is 15.3. The summed E-state index contributed by atoms with van der Waals surface area (Å²) in [7, 11) is 1.56. The Morgan fingerprint density at radius 3 is 2.46 bits per heavy atom. The van der Waals surface area contributed by atoms with Gasteiger partial charge >= 0.3 is 6.03 Å². The van der Waals surface area contributed by atoms with E-state index >= 15 is 0 Å². The number of nitrogens with one attached hydrogen (secondary N) is 1. The maximum atomic E-state index is 12.7. The summed E-state index contributed by atoms with van der Waals surface area (Å²) in [5.41, 5.74) is 1.76. The Kier molecular flexibility index (Phi) is 6.41. The van der Waals surface area contributed by atoms with Crippen molar-refractivity contribution in [2.45, 2.75) is 13.5 Å². The fraction of sp³-hybridized carbons (Fsp3) is 0.200. The van der Waals surface area contributed by atoms with E-state index in [2.05, 4.69) is 37.2 Å². The second kappa shape index (κ2) is 8.79. The number of methoxy groups -OCH3 is 1. The molecule has 0 atom stereocenters. The van der Waals surface area contributed by atoms with E-state index in [0.717, 1.165) is 10.0 Å². The van der Waals surface area contributed by atoms with Gasteiger partial charge in [-0.25, -0.2) is 4.79 Å². The number of amides is 3. The van der Waals surface area contributed by atoms with Crippen molar-refractivity contribution in [1.82, 2.24) is 10.2 Å². The van der Waals surface area contributed by atoms with Crippen LogP contribution >= 0.6 is 31.9 Å². The number of urea groups is 1. The Bertz CT molecular complexity index is 942. The molecule has 3 amide bonds.